The topological polar surface area (TPSA) is 74.6 Å². The summed E-state index contributed by atoms with van der Waals surface area (Å²) in [6.45, 7) is 0.318. The summed E-state index contributed by atoms with van der Waals surface area (Å²) in [5, 5.41) is 9.48. The van der Waals surface area contributed by atoms with E-state index in [1.54, 1.807) is 7.11 Å². The number of halogens is 1. The van der Waals surface area contributed by atoms with Crippen LogP contribution in [0.2, 0.25) is 0 Å². The van der Waals surface area contributed by atoms with Crippen molar-refractivity contribution in [1.82, 2.24) is 5.01 Å². The third kappa shape index (κ3) is 2.59. The lowest BCUT2D eigenvalue weighted by Crippen LogP contribution is -2.39. The molecule has 1 saturated heterocycles. The molecule has 132 valence electrons. The lowest BCUT2D eigenvalue weighted by Gasteiger charge is -2.20. The van der Waals surface area contributed by atoms with Crippen LogP contribution in [0.1, 0.15) is 5.56 Å². The Balaban J connectivity index is 1.58. The van der Waals surface area contributed by atoms with Crippen LogP contribution in [0.3, 0.4) is 0 Å². The molecule has 2 atom stereocenters. The molecule has 2 aliphatic heterocycles. The van der Waals surface area contributed by atoms with Crippen LogP contribution in [0.25, 0.3) is 0 Å². The predicted molar refractivity (Wildman–Crippen MR) is 89.9 cm³/mol. The summed E-state index contributed by atoms with van der Waals surface area (Å²) in [5.41, 5.74) is 1.21. The van der Waals surface area contributed by atoms with Crippen molar-refractivity contribution in [2.45, 2.75) is 18.6 Å². The molecule has 2 heterocycles. The Bertz CT molecular complexity index is 900. The minimum Gasteiger partial charge on any atom is -0.497 e. The summed E-state index contributed by atoms with van der Waals surface area (Å²) in [5.74, 6) is -0.618. The van der Waals surface area contributed by atoms with E-state index in [0.717, 1.165) is 10.5 Å². The zero-order valence-corrected chi connectivity index (χ0v) is 13.9. The van der Waals surface area contributed by atoms with Crippen molar-refractivity contribution in [1.29, 1.82) is 0 Å². The molecule has 0 aromatic heterocycles. The Hall–Kier alpha value is -3.29. The summed E-state index contributed by atoms with van der Waals surface area (Å²) in [4.78, 5) is 26.5. The quantitative estimate of drug-likeness (QED) is 0.790. The second-order valence-corrected chi connectivity index (χ2v) is 6.03. The van der Waals surface area contributed by atoms with Gasteiger partial charge in [0.05, 0.1) is 19.3 Å². The summed E-state index contributed by atoms with van der Waals surface area (Å²) in [6.07, 6.45) is 0. The number of anilines is 1. The van der Waals surface area contributed by atoms with Gasteiger partial charge >= 0.3 is 0 Å². The van der Waals surface area contributed by atoms with E-state index >= 15 is 0 Å². The first-order valence-corrected chi connectivity index (χ1v) is 8.02. The molecule has 0 spiro atoms. The van der Waals surface area contributed by atoms with Gasteiger partial charge in [-0.3, -0.25) is 14.6 Å². The van der Waals surface area contributed by atoms with Crippen LogP contribution in [0.5, 0.6) is 5.75 Å². The highest BCUT2D eigenvalue weighted by Gasteiger charge is 2.54. The molecule has 26 heavy (non-hydrogen) atoms. The van der Waals surface area contributed by atoms with E-state index in [2.05, 4.69) is 10.3 Å². The van der Waals surface area contributed by atoms with Crippen LogP contribution in [-0.2, 0) is 16.1 Å². The molecule has 1 fully saturated rings. The fourth-order valence-electron chi connectivity index (χ4n) is 3.16. The lowest BCUT2D eigenvalue weighted by molar-refractivity contribution is -0.123. The maximum Gasteiger partial charge on any atom is 0.263 e. The number of imide groups is 1. The molecule has 0 unspecified atom stereocenters. The molecule has 0 bridgehead atoms. The average molecular weight is 354 g/mol. The van der Waals surface area contributed by atoms with Gasteiger partial charge in [0.25, 0.3) is 11.8 Å². The van der Waals surface area contributed by atoms with E-state index in [-0.39, 0.29) is 0 Å². The number of hydrogen-bond donors (Lipinski definition) is 0. The first-order valence-electron chi connectivity index (χ1n) is 8.02. The number of benzene rings is 2. The number of methoxy groups -OCH3 is 1. The van der Waals surface area contributed by atoms with Gasteiger partial charge in [0.15, 0.2) is 12.1 Å². The van der Waals surface area contributed by atoms with Gasteiger partial charge in [0.2, 0.25) is 0 Å². The van der Waals surface area contributed by atoms with Gasteiger partial charge in [-0.2, -0.15) is 5.11 Å². The van der Waals surface area contributed by atoms with Gasteiger partial charge in [0, 0.05) is 0 Å². The molecule has 8 heteroatoms. The third-order valence-corrected chi connectivity index (χ3v) is 4.42. The molecule has 7 nitrogen and oxygen atoms in total. The highest BCUT2D eigenvalue weighted by atomic mass is 19.1. The number of carbonyl (C=O) groups excluding carboxylic acids is 2. The number of nitrogens with zero attached hydrogens (tertiary/aromatic N) is 4. The van der Waals surface area contributed by atoms with E-state index in [9.17, 15) is 14.0 Å². The average Bonchev–Trinajstić information content (AvgIpc) is 3.17. The van der Waals surface area contributed by atoms with Crippen molar-refractivity contribution in [2.24, 2.45) is 10.3 Å². The summed E-state index contributed by atoms with van der Waals surface area (Å²) in [7, 11) is 1.57. The van der Waals surface area contributed by atoms with Crippen LogP contribution in [0.15, 0.2) is 58.9 Å². The second-order valence-electron chi connectivity index (χ2n) is 6.03. The van der Waals surface area contributed by atoms with Crippen LogP contribution in [0, 0.1) is 5.82 Å². The van der Waals surface area contributed by atoms with Crippen molar-refractivity contribution < 1.29 is 18.7 Å². The highest BCUT2D eigenvalue weighted by Crippen LogP contribution is 2.33. The molecular formula is C18H15FN4O3. The van der Waals surface area contributed by atoms with E-state index in [1.807, 2.05) is 24.3 Å². The number of rotatable bonds is 4. The summed E-state index contributed by atoms with van der Waals surface area (Å²) < 4.78 is 18.3. The standard InChI is InChI=1S/C18H15FN4O3/c1-26-14-4-2-3-11(9-14)10-22-16-15(20-21-22)17(24)23(18(16)25)13-7-5-12(19)6-8-13/h2-9,15-16H,10H2,1H3/t15-,16+/m0/s1. The van der Waals surface area contributed by atoms with E-state index in [1.165, 1.54) is 29.3 Å². The van der Waals surface area contributed by atoms with Gasteiger partial charge in [-0.05, 0) is 42.0 Å². The number of ether oxygens (including phenoxy) is 1. The van der Waals surface area contributed by atoms with Gasteiger partial charge in [-0.15, -0.1) is 0 Å². The summed E-state index contributed by atoms with van der Waals surface area (Å²) in [6, 6.07) is 10.9. The van der Waals surface area contributed by atoms with Crippen LogP contribution in [0.4, 0.5) is 10.1 Å². The maximum atomic E-state index is 13.1. The van der Waals surface area contributed by atoms with Gasteiger partial charge in [0.1, 0.15) is 11.6 Å². The zero-order valence-electron chi connectivity index (χ0n) is 13.9. The Labute approximate surface area is 148 Å². The van der Waals surface area contributed by atoms with Crippen molar-refractivity contribution in [3.05, 3.63) is 59.9 Å². The van der Waals surface area contributed by atoms with Gasteiger partial charge < -0.3 is 4.74 Å². The second kappa shape index (κ2) is 6.21. The number of carbonyl (C=O) groups is 2. The van der Waals surface area contributed by atoms with E-state index < -0.39 is 29.7 Å². The van der Waals surface area contributed by atoms with Crippen molar-refractivity contribution >= 4 is 17.5 Å². The molecule has 0 radical (unpaired) electrons. The fourth-order valence-corrected chi connectivity index (χ4v) is 3.16. The van der Waals surface area contributed by atoms with Crippen molar-refractivity contribution in [3.8, 4) is 5.75 Å². The molecule has 2 aliphatic rings. The largest absolute Gasteiger partial charge is 0.497 e. The Morgan fingerprint density at radius 3 is 2.62 bits per heavy atom. The summed E-state index contributed by atoms with van der Waals surface area (Å²) >= 11 is 0. The van der Waals surface area contributed by atoms with Crippen molar-refractivity contribution in [3.63, 3.8) is 0 Å². The Kier molecular flexibility index (Phi) is 3.87. The Morgan fingerprint density at radius 2 is 1.88 bits per heavy atom. The molecule has 2 aromatic carbocycles. The SMILES string of the molecule is COc1cccc(CN2N=N[C@@H]3C(=O)N(c4ccc(F)cc4)C(=O)[C@@H]32)c1. The fraction of sp³-hybridized carbons (Fsp3) is 0.222. The van der Waals surface area contributed by atoms with Crippen LogP contribution < -0.4 is 9.64 Å². The minimum atomic E-state index is -0.877. The number of fused-ring (bicyclic) bond motifs is 1. The van der Waals surface area contributed by atoms with Gasteiger partial charge in [-0.1, -0.05) is 17.4 Å². The Morgan fingerprint density at radius 1 is 1.12 bits per heavy atom. The van der Waals surface area contributed by atoms with E-state index in [0.29, 0.717) is 18.0 Å². The lowest BCUT2D eigenvalue weighted by atomic mass is 10.1. The maximum absolute atomic E-state index is 13.1. The molecule has 0 saturated carbocycles. The molecule has 0 aliphatic carbocycles. The smallest absolute Gasteiger partial charge is 0.263 e. The molecule has 2 aromatic rings. The molecule has 0 N–H and O–H groups in total. The molecule has 2 amide bonds. The van der Waals surface area contributed by atoms with Crippen molar-refractivity contribution in [2.75, 3.05) is 12.0 Å². The van der Waals surface area contributed by atoms with Gasteiger partial charge in [-0.25, -0.2) is 9.29 Å². The monoisotopic (exact) mass is 354 g/mol. The molecular weight excluding hydrogens is 339 g/mol. The predicted octanol–water partition coefficient (Wildman–Crippen LogP) is 2.33. The number of amides is 2. The number of hydrogen-bond acceptors (Lipinski definition) is 6. The normalized spacial score (nSPS) is 21.5. The zero-order chi connectivity index (χ0) is 18.3. The third-order valence-electron chi connectivity index (χ3n) is 4.42. The minimum absolute atomic E-state index is 0.318. The molecule has 4 rings (SSSR count). The first-order chi connectivity index (χ1) is 12.6. The highest BCUT2D eigenvalue weighted by molar-refractivity contribution is 6.25. The first kappa shape index (κ1) is 16.2. The van der Waals surface area contributed by atoms with Crippen LogP contribution >= 0.6 is 0 Å². The van der Waals surface area contributed by atoms with Crippen LogP contribution in [-0.4, -0.2) is 36.0 Å². The van der Waals surface area contributed by atoms with E-state index in [4.69, 9.17) is 4.74 Å².